The molecule has 2 nitrogen and oxygen atoms in total. The molecule has 1 rings (SSSR count). The SMILES string of the molecule is [CH2-]N(C)C1CCN(C)CC1. The second-order valence-electron chi connectivity index (χ2n) is 3.29. The van der Waals surface area contributed by atoms with E-state index in [1.807, 2.05) is 0 Å². The van der Waals surface area contributed by atoms with Crippen LogP contribution in [0.15, 0.2) is 0 Å². The largest absolute Gasteiger partial charge is 0.459 e. The molecule has 0 N–H and O–H groups in total. The normalized spacial score (nSPS) is 24.0. The van der Waals surface area contributed by atoms with Crippen molar-refractivity contribution < 1.29 is 0 Å². The standard InChI is InChI=1S/C8H17N2/c1-9(2)8-4-6-10(3)7-5-8/h8H,1,4-7H2,2-3H3/q-1. The van der Waals surface area contributed by atoms with Crippen LogP contribution in [-0.2, 0) is 0 Å². The first-order chi connectivity index (χ1) is 4.70. The van der Waals surface area contributed by atoms with Gasteiger partial charge in [-0.05, 0) is 46.1 Å². The second kappa shape index (κ2) is 3.35. The van der Waals surface area contributed by atoms with Gasteiger partial charge in [-0.3, -0.25) is 7.05 Å². The lowest BCUT2D eigenvalue weighted by Crippen LogP contribution is -2.39. The lowest BCUT2D eigenvalue weighted by atomic mass is 10.1. The summed E-state index contributed by atoms with van der Waals surface area (Å²) in [4.78, 5) is 4.47. The summed E-state index contributed by atoms with van der Waals surface area (Å²) in [6.07, 6.45) is 2.55. The van der Waals surface area contributed by atoms with Gasteiger partial charge in [-0.25, -0.2) is 0 Å². The van der Waals surface area contributed by atoms with Gasteiger partial charge in [0.2, 0.25) is 0 Å². The van der Waals surface area contributed by atoms with Crippen molar-refractivity contribution in [3.8, 4) is 0 Å². The van der Waals surface area contributed by atoms with Gasteiger partial charge in [-0.15, -0.1) is 0 Å². The third-order valence-corrected chi connectivity index (χ3v) is 2.31. The quantitative estimate of drug-likeness (QED) is 0.498. The smallest absolute Gasteiger partial charge is 0.000776 e. The monoisotopic (exact) mass is 141 g/mol. The molecule has 0 bridgehead atoms. The van der Waals surface area contributed by atoms with E-state index in [0.717, 1.165) is 6.04 Å². The van der Waals surface area contributed by atoms with Crippen molar-refractivity contribution in [1.29, 1.82) is 0 Å². The molecule has 0 aromatic rings. The fourth-order valence-corrected chi connectivity index (χ4v) is 1.44. The third kappa shape index (κ3) is 1.96. The van der Waals surface area contributed by atoms with Gasteiger partial charge < -0.3 is 9.80 Å². The minimum Gasteiger partial charge on any atom is -0.459 e. The van der Waals surface area contributed by atoms with Crippen LogP contribution in [0.2, 0.25) is 0 Å². The Bertz CT molecular complexity index is 93.4. The molecular formula is C8H17N2-. The number of rotatable bonds is 1. The van der Waals surface area contributed by atoms with Crippen LogP contribution in [0.5, 0.6) is 0 Å². The van der Waals surface area contributed by atoms with E-state index in [1.54, 1.807) is 0 Å². The highest BCUT2D eigenvalue weighted by molar-refractivity contribution is 4.75. The molecule has 0 amide bonds. The van der Waals surface area contributed by atoms with Crippen LogP contribution in [-0.4, -0.2) is 43.0 Å². The number of likely N-dealkylation sites (tertiary alicyclic amines) is 1. The Labute approximate surface area is 63.8 Å². The van der Waals surface area contributed by atoms with Crippen molar-refractivity contribution >= 4 is 0 Å². The van der Waals surface area contributed by atoms with Crippen LogP contribution < -0.4 is 0 Å². The zero-order valence-corrected chi connectivity index (χ0v) is 7.01. The molecule has 0 atom stereocenters. The fraction of sp³-hybridized carbons (Fsp3) is 0.875. The van der Waals surface area contributed by atoms with E-state index in [4.69, 9.17) is 0 Å². The van der Waals surface area contributed by atoms with E-state index >= 15 is 0 Å². The summed E-state index contributed by atoms with van der Waals surface area (Å²) in [6.45, 7) is 2.45. The Morgan fingerprint density at radius 1 is 1.40 bits per heavy atom. The first kappa shape index (κ1) is 8.02. The van der Waals surface area contributed by atoms with Gasteiger partial charge in [0, 0.05) is 0 Å². The van der Waals surface area contributed by atoms with Crippen LogP contribution in [0, 0.1) is 7.05 Å². The lowest BCUT2D eigenvalue weighted by molar-refractivity contribution is 0.178. The molecule has 0 radical (unpaired) electrons. The molecule has 1 saturated heterocycles. The van der Waals surface area contributed by atoms with Crippen LogP contribution in [0.4, 0.5) is 0 Å². The molecule has 1 fully saturated rings. The Morgan fingerprint density at radius 2 is 1.90 bits per heavy atom. The van der Waals surface area contributed by atoms with Crippen molar-refractivity contribution in [1.82, 2.24) is 9.80 Å². The molecule has 60 valence electrons. The Hall–Kier alpha value is -0.0800. The molecule has 0 aromatic heterocycles. The van der Waals surface area contributed by atoms with E-state index in [-0.39, 0.29) is 0 Å². The molecule has 1 heterocycles. The maximum atomic E-state index is 3.90. The summed E-state index contributed by atoms with van der Waals surface area (Å²) in [5.74, 6) is 0. The first-order valence-corrected chi connectivity index (χ1v) is 3.92. The van der Waals surface area contributed by atoms with E-state index in [0.29, 0.717) is 0 Å². The second-order valence-corrected chi connectivity index (χ2v) is 3.29. The van der Waals surface area contributed by atoms with E-state index < -0.39 is 0 Å². The number of hydrogen-bond acceptors (Lipinski definition) is 2. The number of piperidine rings is 1. The summed E-state index contributed by atoms with van der Waals surface area (Å²) in [5.41, 5.74) is 0. The topological polar surface area (TPSA) is 6.48 Å². The summed E-state index contributed by atoms with van der Waals surface area (Å²) in [7, 11) is 8.15. The average Bonchev–Trinajstić information content (AvgIpc) is 1.88. The highest BCUT2D eigenvalue weighted by atomic mass is 15.2. The number of hydrogen-bond donors (Lipinski definition) is 0. The van der Waals surface area contributed by atoms with Gasteiger partial charge in [-0.2, -0.15) is 0 Å². The Kier molecular flexibility index (Phi) is 2.69. The molecule has 0 aromatic carbocycles. The predicted molar refractivity (Wildman–Crippen MR) is 43.6 cm³/mol. The summed E-state index contributed by atoms with van der Waals surface area (Å²) >= 11 is 0. The maximum Gasteiger partial charge on any atom is -0.000776 e. The molecule has 0 aliphatic carbocycles. The van der Waals surface area contributed by atoms with Gasteiger partial charge >= 0.3 is 0 Å². The lowest BCUT2D eigenvalue weighted by Gasteiger charge is -2.37. The molecule has 2 heteroatoms. The molecule has 1 aliphatic heterocycles. The van der Waals surface area contributed by atoms with Crippen LogP contribution in [0.25, 0.3) is 0 Å². The highest BCUT2D eigenvalue weighted by Gasteiger charge is 2.14. The average molecular weight is 141 g/mol. The molecule has 1 aliphatic rings. The summed E-state index contributed by atoms with van der Waals surface area (Å²) in [5, 5.41) is 0. The fourth-order valence-electron chi connectivity index (χ4n) is 1.44. The van der Waals surface area contributed by atoms with Crippen molar-refractivity contribution in [2.75, 3.05) is 27.2 Å². The molecule has 10 heavy (non-hydrogen) atoms. The van der Waals surface area contributed by atoms with Crippen molar-refractivity contribution in [3.63, 3.8) is 0 Å². The van der Waals surface area contributed by atoms with E-state index in [1.165, 1.54) is 25.9 Å². The van der Waals surface area contributed by atoms with Crippen LogP contribution in [0.3, 0.4) is 0 Å². The van der Waals surface area contributed by atoms with Gasteiger partial charge in [0.05, 0.1) is 0 Å². The minimum absolute atomic E-state index is 0.719. The van der Waals surface area contributed by atoms with Gasteiger partial charge in [-0.1, -0.05) is 0 Å². The highest BCUT2D eigenvalue weighted by Crippen LogP contribution is 2.12. The zero-order valence-electron chi connectivity index (χ0n) is 7.01. The van der Waals surface area contributed by atoms with Crippen molar-refractivity contribution in [2.24, 2.45) is 0 Å². The maximum absolute atomic E-state index is 3.90. The Balaban J connectivity index is 2.26. The van der Waals surface area contributed by atoms with Crippen molar-refractivity contribution in [2.45, 2.75) is 18.9 Å². The third-order valence-electron chi connectivity index (χ3n) is 2.31. The van der Waals surface area contributed by atoms with Crippen LogP contribution >= 0.6 is 0 Å². The first-order valence-electron chi connectivity index (χ1n) is 3.92. The van der Waals surface area contributed by atoms with Gasteiger partial charge in [0.1, 0.15) is 0 Å². The molecule has 0 saturated carbocycles. The molecular weight excluding hydrogens is 124 g/mol. The molecule has 0 spiro atoms. The predicted octanol–water partition coefficient (Wildman–Crippen LogP) is 0.804. The Morgan fingerprint density at radius 3 is 2.30 bits per heavy atom. The zero-order chi connectivity index (χ0) is 7.56. The van der Waals surface area contributed by atoms with Crippen molar-refractivity contribution in [3.05, 3.63) is 7.05 Å². The molecule has 0 unspecified atom stereocenters. The van der Waals surface area contributed by atoms with Gasteiger partial charge in [0.25, 0.3) is 0 Å². The number of nitrogens with zero attached hydrogens (tertiary/aromatic N) is 2. The van der Waals surface area contributed by atoms with Gasteiger partial charge in [0.15, 0.2) is 0 Å². The van der Waals surface area contributed by atoms with Crippen LogP contribution in [0.1, 0.15) is 12.8 Å². The minimum atomic E-state index is 0.719. The summed E-state index contributed by atoms with van der Waals surface area (Å²) in [6, 6.07) is 0.719. The van der Waals surface area contributed by atoms with E-state index in [2.05, 4.69) is 30.9 Å². The van der Waals surface area contributed by atoms with E-state index in [9.17, 15) is 0 Å². The summed E-state index contributed by atoms with van der Waals surface area (Å²) < 4.78 is 0.